The van der Waals surface area contributed by atoms with Crippen LogP contribution in [0.3, 0.4) is 0 Å². The Kier molecular flexibility index (Phi) is 4.56. The zero-order chi connectivity index (χ0) is 21.6. The Morgan fingerprint density at radius 2 is 1.93 bits per heavy atom. The van der Waals surface area contributed by atoms with E-state index in [9.17, 15) is 18.0 Å². The van der Waals surface area contributed by atoms with Gasteiger partial charge in [0.2, 0.25) is 0 Å². The fraction of sp³-hybridized carbons (Fsp3) is 0.200. The molecule has 0 radical (unpaired) electrons. The first-order chi connectivity index (χ1) is 14.2. The van der Waals surface area contributed by atoms with Gasteiger partial charge in [0.15, 0.2) is 5.69 Å². The first-order valence-corrected chi connectivity index (χ1v) is 8.99. The van der Waals surface area contributed by atoms with E-state index in [0.717, 1.165) is 11.3 Å². The summed E-state index contributed by atoms with van der Waals surface area (Å²) in [5.41, 5.74) is 1.36. The summed E-state index contributed by atoms with van der Waals surface area (Å²) in [6.45, 7) is 3.27. The second-order valence-electron chi connectivity index (χ2n) is 6.86. The number of fused-ring (bicyclic) bond motifs is 1. The van der Waals surface area contributed by atoms with Crippen LogP contribution >= 0.6 is 0 Å². The molecule has 30 heavy (non-hydrogen) atoms. The first kappa shape index (κ1) is 19.6. The maximum atomic E-state index is 13.2. The van der Waals surface area contributed by atoms with E-state index >= 15 is 0 Å². The Morgan fingerprint density at radius 3 is 2.60 bits per heavy atom. The number of nitrogens with one attached hydrogen (secondary N) is 2. The predicted molar refractivity (Wildman–Crippen MR) is 105 cm³/mol. The fourth-order valence-corrected chi connectivity index (χ4v) is 3.22. The molecular formula is C20H17F3N6O. The molecule has 0 saturated heterocycles. The molecule has 0 saturated carbocycles. The lowest BCUT2D eigenvalue weighted by Gasteiger charge is -2.12. The van der Waals surface area contributed by atoms with Crippen LogP contribution in [0.15, 0.2) is 36.5 Å². The van der Waals surface area contributed by atoms with Crippen molar-refractivity contribution in [2.75, 3.05) is 5.32 Å². The summed E-state index contributed by atoms with van der Waals surface area (Å²) in [5, 5.41) is 12.7. The van der Waals surface area contributed by atoms with E-state index in [1.54, 1.807) is 48.3 Å². The average molecular weight is 414 g/mol. The Labute approximate surface area is 168 Å². The standard InChI is InChI=1S/C20H17F3N6O/c1-10-17(18(28-27-10)20(21,22)23)26-19(30)13-8-16(14-9-24-29(3)11(14)2)25-15-7-5-4-6-12(13)15/h4-9H,1-3H3,(H,26,30)(H,27,28). The summed E-state index contributed by atoms with van der Waals surface area (Å²) in [6, 6.07) is 8.51. The van der Waals surface area contributed by atoms with Crippen LogP contribution in [0.1, 0.15) is 27.4 Å². The van der Waals surface area contributed by atoms with Gasteiger partial charge in [-0.05, 0) is 26.0 Å². The molecule has 0 bridgehead atoms. The molecule has 0 atom stereocenters. The number of carbonyl (C=O) groups is 1. The van der Waals surface area contributed by atoms with E-state index < -0.39 is 23.5 Å². The predicted octanol–water partition coefficient (Wildman–Crippen LogP) is 4.25. The number of H-pyrrole nitrogens is 1. The third-order valence-electron chi connectivity index (χ3n) is 4.93. The molecule has 0 aliphatic heterocycles. The lowest BCUT2D eigenvalue weighted by Crippen LogP contribution is -2.17. The number of hydrogen-bond donors (Lipinski definition) is 2. The number of carbonyl (C=O) groups excluding carboxylic acids is 1. The minimum Gasteiger partial charge on any atom is -0.319 e. The monoisotopic (exact) mass is 414 g/mol. The molecule has 4 rings (SSSR count). The van der Waals surface area contributed by atoms with Gasteiger partial charge in [-0.2, -0.15) is 23.4 Å². The van der Waals surface area contributed by atoms with Crippen LogP contribution in [0.5, 0.6) is 0 Å². The lowest BCUT2D eigenvalue weighted by molar-refractivity contribution is -0.140. The van der Waals surface area contributed by atoms with Gasteiger partial charge in [-0.1, -0.05) is 18.2 Å². The average Bonchev–Trinajstić information content (AvgIpc) is 3.23. The molecule has 1 amide bonds. The van der Waals surface area contributed by atoms with E-state index in [0.29, 0.717) is 16.6 Å². The molecule has 10 heteroatoms. The minimum absolute atomic E-state index is 0.109. The van der Waals surface area contributed by atoms with E-state index in [1.165, 1.54) is 6.92 Å². The van der Waals surface area contributed by atoms with Gasteiger partial charge in [-0.25, -0.2) is 4.98 Å². The quantitative estimate of drug-likeness (QED) is 0.525. The molecule has 154 valence electrons. The van der Waals surface area contributed by atoms with Gasteiger partial charge in [-0.15, -0.1) is 0 Å². The molecule has 4 aromatic rings. The van der Waals surface area contributed by atoms with Crippen LogP contribution in [-0.2, 0) is 13.2 Å². The van der Waals surface area contributed by atoms with Crippen molar-refractivity contribution in [3.8, 4) is 11.3 Å². The number of aryl methyl sites for hydroxylation is 2. The lowest BCUT2D eigenvalue weighted by atomic mass is 10.0. The smallest absolute Gasteiger partial charge is 0.319 e. The SMILES string of the molecule is Cc1[nH]nc(C(F)(F)F)c1NC(=O)c1cc(-c2cnn(C)c2C)nc2ccccc12. The topological polar surface area (TPSA) is 88.5 Å². The van der Waals surface area contributed by atoms with Gasteiger partial charge >= 0.3 is 6.18 Å². The van der Waals surface area contributed by atoms with Crippen LogP contribution < -0.4 is 5.32 Å². The maximum Gasteiger partial charge on any atom is 0.437 e. The number of aromatic nitrogens is 5. The number of nitrogens with zero attached hydrogens (tertiary/aromatic N) is 4. The second kappa shape index (κ2) is 6.97. The number of para-hydroxylation sites is 1. The Bertz CT molecular complexity index is 1270. The van der Waals surface area contributed by atoms with Gasteiger partial charge in [0.25, 0.3) is 5.91 Å². The summed E-state index contributed by atoms with van der Waals surface area (Å²) in [5.74, 6) is -0.689. The van der Waals surface area contributed by atoms with Crippen LogP contribution in [0.2, 0.25) is 0 Å². The number of anilines is 1. The molecule has 0 unspecified atom stereocenters. The van der Waals surface area contributed by atoms with E-state index in [2.05, 4.69) is 25.6 Å². The normalized spacial score (nSPS) is 11.8. The fourth-order valence-electron chi connectivity index (χ4n) is 3.22. The summed E-state index contributed by atoms with van der Waals surface area (Å²) in [7, 11) is 1.79. The summed E-state index contributed by atoms with van der Waals surface area (Å²) in [4.78, 5) is 17.7. The Hall–Kier alpha value is -3.69. The number of alkyl halides is 3. The van der Waals surface area contributed by atoms with Crippen LogP contribution in [0, 0.1) is 13.8 Å². The van der Waals surface area contributed by atoms with Crippen molar-refractivity contribution in [1.82, 2.24) is 25.0 Å². The third kappa shape index (κ3) is 3.30. The highest BCUT2D eigenvalue weighted by atomic mass is 19.4. The van der Waals surface area contributed by atoms with Gasteiger partial charge in [0.05, 0.1) is 34.4 Å². The summed E-state index contributed by atoms with van der Waals surface area (Å²) < 4.78 is 41.4. The van der Waals surface area contributed by atoms with Crippen LogP contribution in [0.4, 0.5) is 18.9 Å². The number of benzene rings is 1. The van der Waals surface area contributed by atoms with Gasteiger partial charge in [0, 0.05) is 23.7 Å². The van der Waals surface area contributed by atoms with E-state index in [1.807, 2.05) is 6.92 Å². The number of amides is 1. The third-order valence-corrected chi connectivity index (χ3v) is 4.93. The highest BCUT2D eigenvalue weighted by Crippen LogP contribution is 2.35. The zero-order valence-corrected chi connectivity index (χ0v) is 16.3. The molecule has 0 aliphatic carbocycles. The number of halogens is 3. The van der Waals surface area contributed by atoms with Crippen molar-refractivity contribution < 1.29 is 18.0 Å². The van der Waals surface area contributed by atoms with E-state index in [-0.39, 0.29) is 11.3 Å². The number of aromatic amines is 1. The van der Waals surface area contributed by atoms with Gasteiger partial charge < -0.3 is 5.32 Å². The molecule has 3 aromatic heterocycles. The van der Waals surface area contributed by atoms with Gasteiger partial charge in [0.1, 0.15) is 0 Å². The molecule has 1 aromatic carbocycles. The highest BCUT2D eigenvalue weighted by molar-refractivity contribution is 6.13. The largest absolute Gasteiger partial charge is 0.437 e. The van der Waals surface area contributed by atoms with Crippen LogP contribution in [-0.4, -0.2) is 30.9 Å². The Balaban J connectivity index is 1.84. The van der Waals surface area contributed by atoms with Crippen molar-refractivity contribution in [2.45, 2.75) is 20.0 Å². The first-order valence-electron chi connectivity index (χ1n) is 8.99. The number of rotatable bonds is 3. The second-order valence-corrected chi connectivity index (χ2v) is 6.86. The van der Waals surface area contributed by atoms with Crippen molar-refractivity contribution in [3.05, 3.63) is 59.2 Å². The molecule has 7 nitrogen and oxygen atoms in total. The van der Waals surface area contributed by atoms with Crippen LogP contribution in [0.25, 0.3) is 22.2 Å². The molecule has 0 spiro atoms. The van der Waals surface area contributed by atoms with Crippen molar-refractivity contribution >= 4 is 22.5 Å². The van der Waals surface area contributed by atoms with E-state index in [4.69, 9.17) is 0 Å². The number of pyridine rings is 1. The minimum atomic E-state index is -4.70. The van der Waals surface area contributed by atoms with Crippen molar-refractivity contribution in [3.63, 3.8) is 0 Å². The maximum absolute atomic E-state index is 13.2. The molecule has 0 fully saturated rings. The summed E-state index contributed by atoms with van der Waals surface area (Å²) in [6.07, 6.45) is -3.07. The summed E-state index contributed by atoms with van der Waals surface area (Å²) >= 11 is 0. The Morgan fingerprint density at radius 1 is 1.20 bits per heavy atom. The molecule has 2 N–H and O–H groups in total. The molecular weight excluding hydrogens is 397 g/mol. The van der Waals surface area contributed by atoms with Crippen molar-refractivity contribution in [1.29, 1.82) is 0 Å². The highest BCUT2D eigenvalue weighted by Gasteiger charge is 2.38. The van der Waals surface area contributed by atoms with Gasteiger partial charge in [-0.3, -0.25) is 14.6 Å². The number of hydrogen-bond acceptors (Lipinski definition) is 4. The zero-order valence-electron chi connectivity index (χ0n) is 16.3. The molecule has 3 heterocycles. The van der Waals surface area contributed by atoms with Crippen molar-refractivity contribution in [2.24, 2.45) is 7.05 Å². The molecule has 0 aliphatic rings.